The molecule has 9 nitrogen and oxygen atoms in total. The molecule has 11 heteroatoms. The zero-order valence-electron chi connectivity index (χ0n) is 16.2. The number of sulfonamides is 1. The first-order chi connectivity index (χ1) is 14.1. The van der Waals surface area contributed by atoms with Crippen molar-refractivity contribution in [3.63, 3.8) is 0 Å². The van der Waals surface area contributed by atoms with Crippen LogP contribution in [0.2, 0.25) is 0 Å². The number of hydrogen-bond acceptors (Lipinski definition) is 6. The first-order valence-electron chi connectivity index (χ1n) is 8.66. The second-order valence-corrected chi connectivity index (χ2v) is 7.97. The first kappa shape index (κ1) is 23.0. The second-order valence-electron chi connectivity index (χ2n) is 6.24. The molecule has 0 saturated heterocycles. The molecular weight excluding hydrogens is 417 g/mol. The molecule has 0 bridgehead atoms. The van der Waals surface area contributed by atoms with Gasteiger partial charge in [0.1, 0.15) is 17.3 Å². The molecule has 0 saturated carbocycles. The maximum atomic E-state index is 13.6. The summed E-state index contributed by atoms with van der Waals surface area (Å²) in [6.07, 6.45) is 0. The Morgan fingerprint density at radius 3 is 2.43 bits per heavy atom. The van der Waals surface area contributed by atoms with E-state index in [2.05, 4.69) is 10.1 Å². The van der Waals surface area contributed by atoms with Crippen LogP contribution in [0.15, 0.2) is 47.4 Å². The molecule has 0 aliphatic heterocycles. The number of hydrogen-bond donors (Lipinski definition) is 3. The summed E-state index contributed by atoms with van der Waals surface area (Å²) in [6.45, 7) is 2.05. The number of esters is 1. The fourth-order valence-corrected chi connectivity index (χ4v) is 3.41. The third-order valence-corrected chi connectivity index (χ3v) is 5.21. The number of aryl methyl sites for hydroxylation is 2. The molecule has 0 heterocycles. The molecule has 2 aromatic rings. The van der Waals surface area contributed by atoms with Gasteiger partial charge in [0.25, 0.3) is 5.91 Å². The van der Waals surface area contributed by atoms with Crippen LogP contribution in [0.25, 0.3) is 0 Å². The minimum absolute atomic E-state index is 0.505. The monoisotopic (exact) mass is 437 g/mol. The summed E-state index contributed by atoms with van der Waals surface area (Å²) in [5, 5.41) is 4.46. The van der Waals surface area contributed by atoms with E-state index in [9.17, 15) is 27.2 Å². The molecule has 0 fully saturated rings. The number of benzene rings is 2. The third-order valence-electron chi connectivity index (χ3n) is 3.78. The number of rotatable bonds is 7. The standard InChI is InChI=1S/C19H20FN3O6S/c1-12-7-8-15(13(2)9-12)22-19(26)23-17(24)11-29-18(25)10-21-30(27,28)16-6-4-3-5-14(16)20/h3-9,21H,10-11H2,1-2H3,(H2,22,23,24,26). The van der Waals surface area contributed by atoms with E-state index in [1.807, 2.05) is 23.0 Å². The van der Waals surface area contributed by atoms with E-state index in [0.29, 0.717) is 5.69 Å². The molecule has 3 amide bonds. The lowest BCUT2D eigenvalue weighted by Gasteiger charge is -2.10. The Morgan fingerprint density at radius 2 is 1.77 bits per heavy atom. The van der Waals surface area contributed by atoms with E-state index in [1.54, 1.807) is 19.1 Å². The summed E-state index contributed by atoms with van der Waals surface area (Å²) in [5.41, 5.74) is 2.31. The molecular formula is C19H20FN3O6S. The van der Waals surface area contributed by atoms with E-state index < -0.39 is 51.8 Å². The Labute approximate surface area is 172 Å². The van der Waals surface area contributed by atoms with Crippen LogP contribution in [0.1, 0.15) is 11.1 Å². The van der Waals surface area contributed by atoms with Crippen molar-refractivity contribution in [3.05, 3.63) is 59.4 Å². The van der Waals surface area contributed by atoms with Crippen molar-refractivity contribution in [2.24, 2.45) is 0 Å². The van der Waals surface area contributed by atoms with Gasteiger partial charge in [0.2, 0.25) is 10.0 Å². The molecule has 0 aliphatic carbocycles. The lowest BCUT2D eigenvalue weighted by molar-refractivity contribution is -0.147. The maximum absolute atomic E-state index is 13.6. The van der Waals surface area contributed by atoms with Crippen LogP contribution in [-0.4, -0.2) is 39.5 Å². The van der Waals surface area contributed by atoms with E-state index in [1.165, 1.54) is 12.1 Å². The van der Waals surface area contributed by atoms with E-state index in [4.69, 9.17) is 0 Å². The van der Waals surface area contributed by atoms with Gasteiger partial charge in [-0.05, 0) is 37.6 Å². The fraction of sp³-hybridized carbons (Fsp3) is 0.211. The molecule has 0 aliphatic rings. The van der Waals surface area contributed by atoms with Crippen LogP contribution in [0.5, 0.6) is 0 Å². The van der Waals surface area contributed by atoms with E-state index in [-0.39, 0.29) is 0 Å². The molecule has 2 aromatic carbocycles. The Balaban J connectivity index is 1.78. The quantitative estimate of drug-likeness (QED) is 0.564. The van der Waals surface area contributed by atoms with Gasteiger partial charge in [-0.15, -0.1) is 0 Å². The number of carbonyl (C=O) groups excluding carboxylic acids is 3. The van der Waals surface area contributed by atoms with Gasteiger partial charge in [0.15, 0.2) is 6.61 Å². The summed E-state index contributed by atoms with van der Waals surface area (Å²) in [4.78, 5) is 34.6. The Hall–Kier alpha value is -3.31. The van der Waals surface area contributed by atoms with Gasteiger partial charge in [-0.1, -0.05) is 29.8 Å². The van der Waals surface area contributed by atoms with E-state index in [0.717, 1.165) is 23.3 Å². The lowest BCUT2D eigenvalue weighted by Crippen LogP contribution is -2.38. The summed E-state index contributed by atoms with van der Waals surface area (Å²) in [5.74, 6) is -2.98. The number of nitrogens with one attached hydrogen (secondary N) is 3. The fourth-order valence-electron chi connectivity index (χ4n) is 2.36. The molecule has 0 atom stereocenters. The first-order valence-corrected chi connectivity index (χ1v) is 10.1. The highest BCUT2D eigenvalue weighted by Crippen LogP contribution is 2.15. The SMILES string of the molecule is Cc1ccc(NC(=O)NC(=O)COC(=O)CNS(=O)(=O)c2ccccc2F)c(C)c1. The van der Waals surface area contributed by atoms with Gasteiger partial charge in [0.05, 0.1) is 0 Å². The number of ether oxygens (including phenoxy) is 1. The molecule has 0 radical (unpaired) electrons. The highest BCUT2D eigenvalue weighted by atomic mass is 32.2. The highest BCUT2D eigenvalue weighted by Gasteiger charge is 2.20. The molecule has 2 rings (SSSR count). The number of amides is 3. The zero-order valence-corrected chi connectivity index (χ0v) is 17.0. The summed E-state index contributed by atoms with van der Waals surface area (Å²) in [7, 11) is -4.28. The molecule has 0 spiro atoms. The van der Waals surface area contributed by atoms with Crippen molar-refractivity contribution in [2.45, 2.75) is 18.7 Å². The van der Waals surface area contributed by atoms with Crippen molar-refractivity contribution in [2.75, 3.05) is 18.5 Å². The van der Waals surface area contributed by atoms with Gasteiger partial charge in [-0.3, -0.25) is 14.9 Å². The number of carbonyl (C=O) groups is 3. The molecule has 3 N–H and O–H groups in total. The summed E-state index contributed by atoms with van der Waals surface area (Å²) < 4.78 is 44.0. The van der Waals surface area contributed by atoms with Crippen LogP contribution in [0.4, 0.5) is 14.9 Å². The third kappa shape index (κ3) is 6.64. The minimum atomic E-state index is -4.28. The molecule has 30 heavy (non-hydrogen) atoms. The smallest absolute Gasteiger partial charge is 0.325 e. The van der Waals surface area contributed by atoms with Gasteiger partial charge in [0, 0.05) is 5.69 Å². The van der Waals surface area contributed by atoms with Crippen LogP contribution in [0, 0.1) is 19.7 Å². The van der Waals surface area contributed by atoms with Gasteiger partial charge >= 0.3 is 12.0 Å². The molecule has 160 valence electrons. The molecule has 0 unspecified atom stereocenters. The van der Waals surface area contributed by atoms with Crippen LogP contribution in [-0.2, 0) is 24.3 Å². The van der Waals surface area contributed by atoms with Crippen LogP contribution in [0.3, 0.4) is 0 Å². The largest absolute Gasteiger partial charge is 0.455 e. The van der Waals surface area contributed by atoms with Gasteiger partial charge < -0.3 is 10.1 Å². The minimum Gasteiger partial charge on any atom is -0.455 e. The maximum Gasteiger partial charge on any atom is 0.325 e. The Morgan fingerprint density at radius 1 is 1.07 bits per heavy atom. The molecule has 0 aromatic heterocycles. The van der Waals surface area contributed by atoms with E-state index >= 15 is 0 Å². The van der Waals surface area contributed by atoms with Crippen molar-refractivity contribution in [1.82, 2.24) is 10.0 Å². The highest BCUT2D eigenvalue weighted by molar-refractivity contribution is 7.89. The summed E-state index contributed by atoms with van der Waals surface area (Å²) >= 11 is 0. The van der Waals surface area contributed by atoms with Gasteiger partial charge in [-0.2, -0.15) is 4.72 Å². The number of halogens is 1. The lowest BCUT2D eigenvalue weighted by atomic mass is 10.1. The van der Waals surface area contributed by atoms with Crippen molar-refractivity contribution >= 4 is 33.6 Å². The van der Waals surface area contributed by atoms with Crippen LogP contribution < -0.4 is 15.4 Å². The number of imide groups is 1. The predicted octanol–water partition coefficient (Wildman–Crippen LogP) is 1.61. The zero-order chi connectivity index (χ0) is 22.3. The second kappa shape index (κ2) is 9.94. The van der Waals surface area contributed by atoms with Gasteiger partial charge in [-0.25, -0.2) is 17.6 Å². The Bertz CT molecular complexity index is 1070. The number of urea groups is 1. The average molecular weight is 437 g/mol. The Kier molecular flexibility index (Phi) is 7.61. The van der Waals surface area contributed by atoms with Crippen molar-refractivity contribution in [1.29, 1.82) is 0 Å². The normalized spacial score (nSPS) is 10.9. The average Bonchev–Trinajstić information content (AvgIpc) is 2.67. The topological polar surface area (TPSA) is 131 Å². The van der Waals surface area contributed by atoms with Crippen molar-refractivity contribution < 1.29 is 31.9 Å². The predicted molar refractivity (Wildman–Crippen MR) is 106 cm³/mol. The number of anilines is 1. The van der Waals surface area contributed by atoms with Crippen molar-refractivity contribution in [3.8, 4) is 0 Å². The summed E-state index contributed by atoms with van der Waals surface area (Å²) in [6, 6.07) is 9.13. The van der Waals surface area contributed by atoms with Crippen LogP contribution >= 0.6 is 0 Å².